The van der Waals surface area contributed by atoms with Gasteiger partial charge in [-0.05, 0) is 49.2 Å². The molecule has 0 aromatic heterocycles. The maximum Gasteiger partial charge on any atom is 0.249 e. The van der Waals surface area contributed by atoms with Crippen LogP contribution < -0.4 is 14.5 Å². The summed E-state index contributed by atoms with van der Waals surface area (Å²) in [6, 6.07) is 13.5. The van der Waals surface area contributed by atoms with E-state index in [1.165, 1.54) is 11.9 Å². The first kappa shape index (κ1) is 16.0. The molecule has 0 saturated carbocycles. The number of carbonyl (C=O) groups is 1. The van der Waals surface area contributed by atoms with Crippen molar-refractivity contribution >= 4 is 46.5 Å². The van der Waals surface area contributed by atoms with E-state index in [0.29, 0.717) is 0 Å². The zero-order chi connectivity index (χ0) is 16.6. The van der Waals surface area contributed by atoms with Gasteiger partial charge in [0, 0.05) is 24.7 Å². The second kappa shape index (κ2) is 6.34. The fourth-order valence-electron chi connectivity index (χ4n) is 2.57. The quantitative estimate of drug-likeness (QED) is 0.841. The van der Waals surface area contributed by atoms with Gasteiger partial charge >= 0.3 is 0 Å². The summed E-state index contributed by atoms with van der Waals surface area (Å²) in [7, 11) is 3.76. The Hall–Kier alpha value is -1.85. The molecular weight excluding hydrogens is 330 g/mol. The van der Waals surface area contributed by atoms with Gasteiger partial charge in [0.05, 0.1) is 16.4 Å². The van der Waals surface area contributed by atoms with E-state index >= 15 is 0 Å². The number of benzene rings is 2. The molecule has 1 N–H and O–H groups in total. The van der Waals surface area contributed by atoms with Gasteiger partial charge in [-0.2, -0.15) is 0 Å². The predicted molar refractivity (Wildman–Crippen MR) is 98.6 cm³/mol. The number of hydrogen-bond acceptors (Lipinski definition) is 4. The van der Waals surface area contributed by atoms with Gasteiger partial charge in [-0.1, -0.05) is 23.7 Å². The van der Waals surface area contributed by atoms with Crippen molar-refractivity contribution in [3.8, 4) is 0 Å². The van der Waals surface area contributed by atoms with Crippen molar-refractivity contribution in [1.29, 1.82) is 0 Å². The van der Waals surface area contributed by atoms with Crippen molar-refractivity contribution in [2.45, 2.75) is 17.9 Å². The standard InChI is InChI=1S/C17H18ClN3OS/c1-11-17(22)21(3)14-9-8-12(10-15(14)20(11)2)19-23-16-7-5-4-6-13(16)18/h4-11,19H,1-3H3/t11-/m0/s1. The fraction of sp³-hybridized carbons (Fsp3) is 0.235. The maximum atomic E-state index is 12.2. The lowest BCUT2D eigenvalue weighted by Gasteiger charge is -2.38. The summed E-state index contributed by atoms with van der Waals surface area (Å²) in [5, 5.41) is 0.721. The number of halogens is 1. The molecule has 120 valence electrons. The minimum absolute atomic E-state index is 0.103. The highest BCUT2D eigenvalue weighted by Gasteiger charge is 2.31. The Morgan fingerprint density at radius 3 is 2.61 bits per heavy atom. The van der Waals surface area contributed by atoms with Crippen LogP contribution in [0.25, 0.3) is 0 Å². The molecule has 23 heavy (non-hydrogen) atoms. The van der Waals surface area contributed by atoms with Crippen molar-refractivity contribution < 1.29 is 4.79 Å². The lowest BCUT2D eigenvalue weighted by Crippen LogP contribution is -2.48. The van der Waals surface area contributed by atoms with E-state index < -0.39 is 0 Å². The third kappa shape index (κ3) is 2.99. The summed E-state index contributed by atoms with van der Waals surface area (Å²) < 4.78 is 3.32. The van der Waals surface area contributed by atoms with Crippen LogP contribution in [0, 0.1) is 0 Å². The molecule has 1 amide bonds. The molecule has 0 fully saturated rings. The molecule has 4 nitrogen and oxygen atoms in total. The van der Waals surface area contributed by atoms with E-state index in [1.54, 1.807) is 4.90 Å². The zero-order valence-electron chi connectivity index (χ0n) is 13.2. The number of hydrogen-bond donors (Lipinski definition) is 1. The van der Waals surface area contributed by atoms with Gasteiger partial charge in [0.2, 0.25) is 5.91 Å². The maximum absolute atomic E-state index is 12.2. The number of amides is 1. The fourth-order valence-corrected chi connectivity index (χ4v) is 3.49. The average molecular weight is 348 g/mol. The van der Waals surface area contributed by atoms with Crippen LogP contribution in [0.4, 0.5) is 17.1 Å². The molecule has 0 radical (unpaired) electrons. The molecule has 0 unspecified atom stereocenters. The number of fused-ring (bicyclic) bond motifs is 1. The first-order chi connectivity index (χ1) is 11.0. The van der Waals surface area contributed by atoms with Crippen molar-refractivity contribution in [2.75, 3.05) is 28.6 Å². The molecule has 0 saturated heterocycles. The van der Waals surface area contributed by atoms with Gasteiger partial charge in [-0.25, -0.2) is 0 Å². The van der Waals surface area contributed by atoms with E-state index in [0.717, 1.165) is 27.0 Å². The summed E-state index contributed by atoms with van der Waals surface area (Å²) >= 11 is 7.64. The normalized spacial score (nSPS) is 17.2. The first-order valence-corrected chi connectivity index (χ1v) is 8.50. The van der Waals surface area contributed by atoms with Crippen LogP contribution in [-0.4, -0.2) is 26.0 Å². The second-order valence-electron chi connectivity index (χ2n) is 5.52. The molecule has 0 aliphatic carbocycles. The van der Waals surface area contributed by atoms with E-state index in [2.05, 4.69) is 10.8 Å². The number of likely N-dealkylation sites (N-methyl/N-ethyl adjacent to an activating group) is 2. The second-order valence-corrected chi connectivity index (χ2v) is 6.78. The van der Waals surface area contributed by atoms with Crippen molar-refractivity contribution in [2.24, 2.45) is 0 Å². The van der Waals surface area contributed by atoms with Crippen LogP contribution in [0.3, 0.4) is 0 Å². The lowest BCUT2D eigenvalue weighted by atomic mass is 10.1. The Morgan fingerprint density at radius 1 is 1.13 bits per heavy atom. The Balaban J connectivity index is 1.84. The number of rotatable bonds is 3. The van der Waals surface area contributed by atoms with Gasteiger partial charge < -0.3 is 14.5 Å². The lowest BCUT2D eigenvalue weighted by molar-refractivity contribution is -0.119. The molecule has 2 aromatic carbocycles. The Labute approximate surface area is 145 Å². The molecule has 1 atom stereocenters. The predicted octanol–water partition coefficient (Wildman–Crippen LogP) is 4.26. The molecule has 1 heterocycles. The van der Waals surface area contributed by atoms with Crippen LogP contribution in [0.1, 0.15) is 6.92 Å². The van der Waals surface area contributed by atoms with Crippen LogP contribution in [0.15, 0.2) is 47.4 Å². The zero-order valence-corrected chi connectivity index (χ0v) is 14.8. The molecule has 1 aliphatic heterocycles. The van der Waals surface area contributed by atoms with Gasteiger partial charge in [0.1, 0.15) is 6.04 Å². The van der Waals surface area contributed by atoms with Gasteiger partial charge in [0.15, 0.2) is 0 Å². The van der Waals surface area contributed by atoms with E-state index in [9.17, 15) is 4.79 Å². The molecule has 0 bridgehead atoms. The first-order valence-electron chi connectivity index (χ1n) is 7.31. The highest BCUT2D eigenvalue weighted by molar-refractivity contribution is 8.00. The van der Waals surface area contributed by atoms with Crippen LogP contribution >= 0.6 is 23.5 Å². The smallest absolute Gasteiger partial charge is 0.249 e. The topological polar surface area (TPSA) is 35.6 Å². The molecule has 1 aliphatic rings. The summed E-state index contributed by atoms with van der Waals surface area (Å²) in [4.78, 5) is 16.9. The number of anilines is 3. The van der Waals surface area contributed by atoms with Crippen molar-refractivity contribution in [3.63, 3.8) is 0 Å². The number of carbonyl (C=O) groups excluding carboxylic acids is 1. The minimum atomic E-state index is -0.168. The monoisotopic (exact) mass is 347 g/mol. The van der Waals surface area contributed by atoms with Crippen molar-refractivity contribution in [3.05, 3.63) is 47.5 Å². The minimum Gasteiger partial charge on any atom is -0.361 e. The van der Waals surface area contributed by atoms with Crippen LogP contribution in [-0.2, 0) is 4.79 Å². The van der Waals surface area contributed by atoms with E-state index in [1.807, 2.05) is 62.3 Å². The average Bonchev–Trinajstić information content (AvgIpc) is 2.57. The summed E-state index contributed by atoms with van der Waals surface area (Å²) in [5.74, 6) is 0.103. The van der Waals surface area contributed by atoms with Gasteiger partial charge in [-0.3, -0.25) is 4.79 Å². The van der Waals surface area contributed by atoms with Crippen LogP contribution in [0.5, 0.6) is 0 Å². The summed E-state index contributed by atoms with van der Waals surface area (Å²) in [6.45, 7) is 1.92. The molecular formula is C17H18ClN3OS. The highest BCUT2D eigenvalue weighted by atomic mass is 35.5. The van der Waals surface area contributed by atoms with E-state index in [4.69, 9.17) is 11.6 Å². The Bertz CT molecular complexity index is 752. The molecule has 3 rings (SSSR count). The van der Waals surface area contributed by atoms with E-state index in [-0.39, 0.29) is 11.9 Å². The molecule has 2 aromatic rings. The summed E-state index contributed by atoms with van der Waals surface area (Å²) in [5.41, 5.74) is 2.92. The van der Waals surface area contributed by atoms with Gasteiger partial charge in [0.25, 0.3) is 0 Å². The molecule has 0 spiro atoms. The third-order valence-electron chi connectivity index (χ3n) is 4.10. The number of nitrogens with zero attached hydrogens (tertiary/aromatic N) is 2. The van der Waals surface area contributed by atoms with Crippen molar-refractivity contribution in [1.82, 2.24) is 0 Å². The largest absolute Gasteiger partial charge is 0.361 e. The number of nitrogens with one attached hydrogen (secondary N) is 1. The SMILES string of the molecule is C[C@H]1C(=O)N(C)c2ccc(NSc3ccccc3Cl)cc2N1C. The van der Waals surface area contributed by atoms with Gasteiger partial charge in [-0.15, -0.1) is 0 Å². The summed E-state index contributed by atoms with van der Waals surface area (Å²) in [6.07, 6.45) is 0. The third-order valence-corrected chi connectivity index (χ3v) is 5.46. The van der Waals surface area contributed by atoms with Crippen LogP contribution in [0.2, 0.25) is 5.02 Å². The highest BCUT2D eigenvalue weighted by Crippen LogP contribution is 2.37. The Kier molecular flexibility index (Phi) is 4.41. The Morgan fingerprint density at radius 2 is 1.87 bits per heavy atom. The molecule has 6 heteroatoms.